The number of hydrogen-bond acceptors (Lipinski definition) is 2. The molecule has 98 valence electrons. The maximum atomic E-state index is 11.3. The molecule has 0 aliphatic rings. The summed E-state index contributed by atoms with van der Waals surface area (Å²) >= 11 is 9.51. The van der Waals surface area contributed by atoms with Gasteiger partial charge in [-0.15, -0.1) is 0 Å². The smallest absolute Gasteiger partial charge is 0.159 e. The van der Waals surface area contributed by atoms with E-state index >= 15 is 0 Å². The molecule has 0 spiro atoms. The highest BCUT2D eigenvalue weighted by Gasteiger charge is 2.08. The van der Waals surface area contributed by atoms with Crippen LogP contribution in [0.2, 0.25) is 5.02 Å². The zero-order valence-corrected chi connectivity index (χ0v) is 12.9. The summed E-state index contributed by atoms with van der Waals surface area (Å²) in [5, 5.41) is 0.558. The average molecular weight is 340 g/mol. The largest absolute Gasteiger partial charge is 0.455 e. The molecule has 0 aromatic heterocycles. The third-order valence-corrected chi connectivity index (χ3v) is 3.56. The molecule has 19 heavy (non-hydrogen) atoms. The Morgan fingerprint density at radius 3 is 2.42 bits per heavy atom. The fourth-order valence-electron chi connectivity index (χ4n) is 1.61. The van der Waals surface area contributed by atoms with Gasteiger partial charge in [0.05, 0.1) is 9.50 Å². The highest BCUT2D eigenvalue weighted by atomic mass is 79.9. The van der Waals surface area contributed by atoms with E-state index in [4.69, 9.17) is 16.3 Å². The van der Waals surface area contributed by atoms with Crippen LogP contribution >= 0.6 is 27.5 Å². The lowest BCUT2D eigenvalue weighted by Gasteiger charge is -2.10. The van der Waals surface area contributed by atoms with Crippen LogP contribution in [0.4, 0.5) is 0 Å². The van der Waals surface area contributed by atoms with E-state index in [0.29, 0.717) is 22.1 Å². The molecule has 0 heterocycles. The van der Waals surface area contributed by atoms with Crippen molar-refractivity contribution in [2.75, 3.05) is 0 Å². The predicted molar refractivity (Wildman–Crippen MR) is 80.4 cm³/mol. The molecule has 0 atom stereocenters. The van der Waals surface area contributed by atoms with Gasteiger partial charge in [-0.2, -0.15) is 0 Å². The van der Waals surface area contributed by atoms with E-state index in [1.54, 1.807) is 18.2 Å². The first-order valence-corrected chi connectivity index (χ1v) is 6.89. The summed E-state index contributed by atoms with van der Waals surface area (Å²) in [6.07, 6.45) is 0. The van der Waals surface area contributed by atoms with Gasteiger partial charge in [-0.05, 0) is 65.7 Å². The Morgan fingerprint density at radius 2 is 1.84 bits per heavy atom. The predicted octanol–water partition coefficient (Wildman–Crippen LogP) is 5.41. The lowest BCUT2D eigenvalue weighted by atomic mass is 10.1. The maximum Gasteiger partial charge on any atom is 0.159 e. The fraction of sp³-hybridized carbons (Fsp3) is 0.133. The number of aryl methyl sites for hydroxylation is 1. The Hall–Kier alpha value is -1.32. The number of benzene rings is 2. The van der Waals surface area contributed by atoms with Gasteiger partial charge in [0.15, 0.2) is 5.78 Å². The van der Waals surface area contributed by atoms with Crippen molar-refractivity contribution in [1.82, 2.24) is 0 Å². The molecule has 0 aliphatic heterocycles. The van der Waals surface area contributed by atoms with Crippen LogP contribution in [0, 0.1) is 6.92 Å². The first-order valence-electron chi connectivity index (χ1n) is 5.72. The van der Waals surface area contributed by atoms with Crippen LogP contribution in [0.5, 0.6) is 11.5 Å². The fourth-order valence-corrected chi connectivity index (χ4v) is 2.34. The van der Waals surface area contributed by atoms with Crippen LogP contribution in [-0.2, 0) is 0 Å². The summed E-state index contributed by atoms with van der Waals surface area (Å²) < 4.78 is 6.46. The van der Waals surface area contributed by atoms with Crippen molar-refractivity contribution in [3.8, 4) is 11.5 Å². The van der Waals surface area contributed by atoms with Gasteiger partial charge in [-0.1, -0.05) is 17.7 Å². The Labute approximate surface area is 125 Å². The van der Waals surface area contributed by atoms with Crippen molar-refractivity contribution in [2.45, 2.75) is 13.8 Å². The van der Waals surface area contributed by atoms with E-state index in [1.807, 2.05) is 25.1 Å². The van der Waals surface area contributed by atoms with Gasteiger partial charge in [-0.3, -0.25) is 4.79 Å². The van der Waals surface area contributed by atoms with Crippen molar-refractivity contribution < 1.29 is 9.53 Å². The minimum absolute atomic E-state index is 0.0145. The second-order valence-corrected chi connectivity index (χ2v) is 5.50. The van der Waals surface area contributed by atoms with Gasteiger partial charge in [0.25, 0.3) is 0 Å². The molecule has 0 saturated carbocycles. The second kappa shape index (κ2) is 5.76. The van der Waals surface area contributed by atoms with E-state index in [1.165, 1.54) is 6.92 Å². The van der Waals surface area contributed by atoms with Gasteiger partial charge in [0.1, 0.15) is 11.5 Å². The van der Waals surface area contributed by atoms with E-state index in [2.05, 4.69) is 15.9 Å². The average Bonchev–Trinajstić information content (AvgIpc) is 2.34. The third-order valence-electron chi connectivity index (χ3n) is 2.65. The lowest BCUT2D eigenvalue weighted by molar-refractivity contribution is 0.101. The number of ether oxygens (including phenoxy) is 1. The molecule has 0 saturated heterocycles. The standard InChI is InChI=1S/C15H12BrClO2/c1-9-3-5-15(13(17)7-9)19-14-6-4-11(10(2)18)8-12(14)16/h3-8H,1-2H3. The number of carbonyl (C=O) groups is 1. The summed E-state index contributed by atoms with van der Waals surface area (Å²) in [5.41, 5.74) is 1.71. The van der Waals surface area contributed by atoms with Crippen molar-refractivity contribution >= 4 is 33.3 Å². The zero-order valence-electron chi connectivity index (χ0n) is 10.5. The quantitative estimate of drug-likeness (QED) is 0.699. The highest BCUT2D eigenvalue weighted by molar-refractivity contribution is 9.10. The number of hydrogen-bond donors (Lipinski definition) is 0. The number of halogens is 2. The first kappa shape index (κ1) is 14.1. The molecule has 0 aliphatic carbocycles. The summed E-state index contributed by atoms with van der Waals surface area (Å²) in [6.45, 7) is 3.49. The van der Waals surface area contributed by atoms with Crippen molar-refractivity contribution in [3.63, 3.8) is 0 Å². The van der Waals surface area contributed by atoms with E-state index in [0.717, 1.165) is 10.0 Å². The molecule has 2 aromatic carbocycles. The molecular weight excluding hydrogens is 328 g/mol. The summed E-state index contributed by atoms with van der Waals surface area (Å²) in [7, 11) is 0. The molecule has 0 amide bonds. The molecule has 0 bridgehead atoms. The summed E-state index contributed by atoms with van der Waals surface area (Å²) in [5.74, 6) is 1.22. The van der Waals surface area contributed by atoms with Crippen LogP contribution < -0.4 is 4.74 Å². The third kappa shape index (κ3) is 3.37. The molecule has 0 N–H and O–H groups in total. The molecular formula is C15H12BrClO2. The Kier molecular flexibility index (Phi) is 4.27. The molecule has 2 aromatic rings. The minimum Gasteiger partial charge on any atom is -0.455 e. The second-order valence-electron chi connectivity index (χ2n) is 4.24. The number of ketones is 1. The first-order chi connectivity index (χ1) is 8.97. The molecule has 0 unspecified atom stereocenters. The maximum absolute atomic E-state index is 11.3. The van der Waals surface area contributed by atoms with Crippen LogP contribution in [0.3, 0.4) is 0 Å². The van der Waals surface area contributed by atoms with Gasteiger partial charge in [-0.25, -0.2) is 0 Å². The minimum atomic E-state index is 0.0145. The Morgan fingerprint density at radius 1 is 1.16 bits per heavy atom. The van der Waals surface area contributed by atoms with Gasteiger partial charge >= 0.3 is 0 Å². The van der Waals surface area contributed by atoms with Crippen molar-refractivity contribution in [2.24, 2.45) is 0 Å². The summed E-state index contributed by atoms with van der Waals surface area (Å²) in [6, 6.07) is 10.8. The van der Waals surface area contributed by atoms with E-state index in [-0.39, 0.29) is 5.78 Å². The van der Waals surface area contributed by atoms with E-state index < -0.39 is 0 Å². The van der Waals surface area contributed by atoms with Crippen LogP contribution in [0.25, 0.3) is 0 Å². The van der Waals surface area contributed by atoms with Crippen LogP contribution in [0.1, 0.15) is 22.8 Å². The molecule has 0 radical (unpaired) electrons. The van der Waals surface area contributed by atoms with Crippen molar-refractivity contribution in [3.05, 3.63) is 57.0 Å². The van der Waals surface area contributed by atoms with Gasteiger partial charge < -0.3 is 4.74 Å². The number of rotatable bonds is 3. The van der Waals surface area contributed by atoms with E-state index in [9.17, 15) is 4.79 Å². The monoisotopic (exact) mass is 338 g/mol. The number of carbonyl (C=O) groups excluding carboxylic acids is 1. The SMILES string of the molecule is CC(=O)c1ccc(Oc2ccc(C)cc2Cl)c(Br)c1. The number of Topliss-reactive ketones (excluding diaryl/α,β-unsaturated/α-hetero) is 1. The topological polar surface area (TPSA) is 26.3 Å². The summed E-state index contributed by atoms with van der Waals surface area (Å²) in [4.78, 5) is 11.3. The Balaban J connectivity index is 2.31. The highest BCUT2D eigenvalue weighted by Crippen LogP contribution is 2.34. The van der Waals surface area contributed by atoms with Crippen molar-refractivity contribution in [1.29, 1.82) is 0 Å². The molecule has 2 nitrogen and oxygen atoms in total. The zero-order chi connectivity index (χ0) is 14.0. The lowest BCUT2D eigenvalue weighted by Crippen LogP contribution is -1.93. The van der Waals surface area contributed by atoms with Crippen LogP contribution in [0.15, 0.2) is 40.9 Å². The normalized spacial score (nSPS) is 10.3. The molecule has 4 heteroatoms. The van der Waals surface area contributed by atoms with Gasteiger partial charge in [0.2, 0.25) is 0 Å². The molecule has 2 rings (SSSR count). The van der Waals surface area contributed by atoms with Crippen LogP contribution in [-0.4, -0.2) is 5.78 Å². The molecule has 0 fully saturated rings. The Bertz CT molecular complexity index is 638. The van der Waals surface area contributed by atoms with Gasteiger partial charge in [0, 0.05) is 5.56 Å².